The van der Waals surface area contributed by atoms with Crippen LogP contribution in [0.5, 0.6) is 0 Å². The van der Waals surface area contributed by atoms with Crippen molar-refractivity contribution in [2.45, 2.75) is 41.5 Å². The average molecular weight is 777 g/mol. The lowest BCUT2D eigenvalue weighted by Gasteiger charge is -2.27. The van der Waals surface area contributed by atoms with Gasteiger partial charge in [-0.1, -0.05) is 48.5 Å². The van der Waals surface area contributed by atoms with E-state index in [1.165, 1.54) is 33.4 Å². The number of furan rings is 2. The van der Waals surface area contributed by atoms with Crippen LogP contribution >= 0.6 is 0 Å². The van der Waals surface area contributed by atoms with E-state index in [0.717, 1.165) is 99.5 Å². The van der Waals surface area contributed by atoms with Crippen LogP contribution in [0.2, 0.25) is 0 Å². The van der Waals surface area contributed by atoms with E-state index in [2.05, 4.69) is 209 Å². The summed E-state index contributed by atoms with van der Waals surface area (Å²) in [5.41, 5.74) is 17.9. The summed E-state index contributed by atoms with van der Waals surface area (Å²) in [5.74, 6) is 0. The van der Waals surface area contributed by atoms with Gasteiger partial charge < -0.3 is 18.6 Å². The smallest absolute Gasteiger partial charge is 0.139 e. The number of anilines is 6. The number of nitrogens with zero attached hydrogens (tertiary/aromatic N) is 2. The zero-order valence-corrected chi connectivity index (χ0v) is 34.7. The first-order chi connectivity index (χ1) is 29.2. The lowest BCUT2D eigenvalue weighted by atomic mass is 10.0. The standard InChI is InChI=1S/C56H44N2O2/c1-33-21-47(22-34(2)37(33)5)57(43-13-9-7-10-14-43)45-19-17-39-27-49-51-31-52-50-28-40-18-20-46(58(44-15-11-8-12-16-44)48-23-35(3)38(6)36(4)24-48)26-42(40)30-54(50)60-56(52)32-55(51)59-53(49)29-41(39)25-45/h7-32H,1-6H3. The molecule has 0 amide bonds. The van der Waals surface area contributed by atoms with Crippen molar-refractivity contribution < 1.29 is 8.83 Å². The molecule has 4 heteroatoms. The van der Waals surface area contributed by atoms with E-state index >= 15 is 0 Å². The molecule has 0 bridgehead atoms. The summed E-state index contributed by atoms with van der Waals surface area (Å²) in [6, 6.07) is 57.1. The zero-order valence-electron chi connectivity index (χ0n) is 34.7. The monoisotopic (exact) mass is 776 g/mol. The third-order valence-corrected chi connectivity index (χ3v) is 12.8. The van der Waals surface area contributed by atoms with Crippen molar-refractivity contribution in [1.82, 2.24) is 0 Å². The zero-order chi connectivity index (χ0) is 40.8. The van der Waals surface area contributed by atoms with Gasteiger partial charge in [-0.3, -0.25) is 0 Å². The Labute approximate surface area is 349 Å². The Balaban J connectivity index is 1.01. The molecule has 60 heavy (non-hydrogen) atoms. The molecule has 11 rings (SSSR count). The molecule has 0 unspecified atom stereocenters. The van der Waals surface area contributed by atoms with Crippen LogP contribution < -0.4 is 9.80 Å². The van der Waals surface area contributed by atoms with Gasteiger partial charge in [-0.05, 0) is 200 Å². The van der Waals surface area contributed by atoms with Crippen LogP contribution in [0.25, 0.3) is 65.4 Å². The van der Waals surface area contributed by atoms with Crippen LogP contribution in [0.3, 0.4) is 0 Å². The summed E-state index contributed by atoms with van der Waals surface area (Å²) < 4.78 is 13.3. The second-order valence-corrected chi connectivity index (χ2v) is 16.6. The van der Waals surface area contributed by atoms with Gasteiger partial charge in [0.05, 0.1) is 0 Å². The SMILES string of the molecule is Cc1cc(N(c2ccccc2)c2ccc3cc4c(cc3c2)oc2cc3oc5cc6cc(N(c7ccccc7)c7cc(C)c(C)c(C)c7)ccc6cc5c3cc24)cc(C)c1C. The van der Waals surface area contributed by atoms with E-state index in [1.54, 1.807) is 0 Å². The number of hydrogen-bond donors (Lipinski definition) is 0. The lowest BCUT2D eigenvalue weighted by Crippen LogP contribution is -2.10. The molecule has 0 atom stereocenters. The second-order valence-electron chi connectivity index (χ2n) is 16.6. The largest absolute Gasteiger partial charge is 0.456 e. The molecule has 0 saturated carbocycles. The Kier molecular flexibility index (Phi) is 8.15. The third-order valence-electron chi connectivity index (χ3n) is 12.8. The van der Waals surface area contributed by atoms with E-state index in [9.17, 15) is 0 Å². The molecule has 0 aliphatic carbocycles. The first kappa shape index (κ1) is 35.8. The average Bonchev–Trinajstić information content (AvgIpc) is 3.78. The van der Waals surface area contributed by atoms with E-state index < -0.39 is 0 Å². The maximum atomic E-state index is 6.63. The van der Waals surface area contributed by atoms with Crippen LogP contribution in [0.4, 0.5) is 34.1 Å². The Bertz CT molecular complexity index is 3230. The highest BCUT2D eigenvalue weighted by atomic mass is 16.3. The maximum Gasteiger partial charge on any atom is 0.139 e. The Morgan fingerprint density at radius 1 is 0.283 bits per heavy atom. The molecule has 2 heterocycles. The van der Waals surface area contributed by atoms with Gasteiger partial charge >= 0.3 is 0 Å². The number of hydrogen-bond acceptors (Lipinski definition) is 4. The highest BCUT2D eigenvalue weighted by Gasteiger charge is 2.19. The van der Waals surface area contributed by atoms with E-state index in [4.69, 9.17) is 8.83 Å². The molecule has 0 saturated heterocycles. The summed E-state index contributed by atoms with van der Waals surface area (Å²) in [4.78, 5) is 4.69. The first-order valence-corrected chi connectivity index (χ1v) is 20.7. The van der Waals surface area contributed by atoms with Crippen molar-refractivity contribution in [3.8, 4) is 0 Å². The highest BCUT2D eigenvalue weighted by molar-refractivity contribution is 6.18. The fourth-order valence-electron chi connectivity index (χ4n) is 9.12. The van der Waals surface area contributed by atoms with Crippen molar-refractivity contribution in [2.75, 3.05) is 9.80 Å². The molecular formula is C56H44N2O2. The minimum atomic E-state index is 0.817. The third kappa shape index (κ3) is 5.82. The molecule has 2 aromatic heterocycles. The van der Waals surface area contributed by atoms with Gasteiger partial charge in [0, 0.05) is 61.7 Å². The van der Waals surface area contributed by atoms with Gasteiger partial charge in [-0.25, -0.2) is 0 Å². The van der Waals surface area contributed by atoms with Gasteiger partial charge in [-0.15, -0.1) is 0 Å². The number of benzene rings is 9. The second kappa shape index (κ2) is 13.6. The fraction of sp³-hybridized carbons (Fsp3) is 0.107. The lowest BCUT2D eigenvalue weighted by molar-refractivity contribution is 0.656. The number of para-hydroxylation sites is 2. The van der Waals surface area contributed by atoms with Crippen LogP contribution in [-0.4, -0.2) is 0 Å². The van der Waals surface area contributed by atoms with Gasteiger partial charge in [-0.2, -0.15) is 0 Å². The molecule has 290 valence electrons. The minimum Gasteiger partial charge on any atom is -0.456 e. The van der Waals surface area contributed by atoms with E-state index in [1.807, 2.05) is 0 Å². The summed E-state index contributed by atoms with van der Waals surface area (Å²) in [6.45, 7) is 13.2. The Hall–Kier alpha value is -7.30. The van der Waals surface area contributed by atoms with Crippen LogP contribution in [-0.2, 0) is 0 Å². The van der Waals surface area contributed by atoms with E-state index in [-0.39, 0.29) is 0 Å². The maximum absolute atomic E-state index is 6.63. The van der Waals surface area contributed by atoms with Gasteiger partial charge in [0.1, 0.15) is 22.3 Å². The topological polar surface area (TPSA) is 32.8 Å². The molecule has 0 aliphatic heterocycles. The summed E-state index contributed by atoms with van der Waals surface area (Å²) in [5, 5.41) is 8.94. The van der Waals surface area contributed by atoms with E-state index in [0.29, 0.717) is 0 Å². The molecule has 4 nitrogen and oxygen atoms in total. The minimum absolute atomic E-state index is 0.817. The predicted molar refractivity (Wildman–Crippen MR) is 254 cm³/mol. The molecule has 0 fully saturated rings. The highest BCUT2D eigenvalue weighted by Crippen LogP contribution is 2.43. The summed E-state index contributed by atoms with van der Waals surface area (Å²) >= 11 is 0. The normalized spacial score (nSPS) is 11.8. The van der Waals surface area contributed by atoms with Crippen LogP contribution in [0, 0.1) is 41.5 Å². The predicted octanol–water partition coefficient (Wildman–Crippen LogP) is 16.6. The van der Waals surface area contributed by atoms with Gasteiger partial charge in [0.15, 0.2) is 0 Å². The quantitative estimate of drug-likeness (QED) is 0.168. The number of fused-ring (bicyclic) bond motifs is 8. The van der Waals surface area contributed by atoms with Crippen molar-refractivity contribution >= 4 is 99.5 Å². The van der Waals surface area contributed by atoms with Crippen molar-refractivity contribution in [3.63, 3.8) is 0 Å². The number of aryl methyl sites for hydroxylation is 4. The van der Waals surface area contributed by atoms with Crippen LogP contribution in [0.15, 0.2) is 167 Å². The molecule has 0 spiro atoms. The molecule has 0 N–H and O–H groups in total. The Morgan fingerprint density at radius 2 is 0.650 bits per heavy atom. The summed E-state index contributed by atoms with van der Waals surface area (Å²) in [7, 11) is 0. The van der Waals surface area contributed by atoms with Crippen molar-refractivity contribution in [1.29, 1.82) is 0 Å². The Morgan fingerprint density at radius 3 is 1.05 bits per heavy atom. The first-order valence-electron chi connectivity index (χ1n) is 20.7. The van der Waals surface area contributed by atoms with Gasteiger partial charge in [0.2, 0.25) is 0 Å². The van der Waals surface area contributed by atoms with Crippen molar-refractivity contribution in [3.05, 3.63) is 191 Å². The van der Waals surface area contributed by atoms with Crippen LogP contribution in [0.1, 0.15) is 33.4 Å². The molecule has 11 aromatic rings. The molecule has 0 aliphatic rings. The molecule has 0 radical (unpaired) electrons. The summed E-state index contributed by atoms with van der Waals surface area (Å²) in [6.07, 6.45) is 0. The number of rotatable bonds is 6. The van der Waals surface area contributed by atoms with Crippen molar-refractivity contribution in [2.24, 2.45) is 0 Å². The molecular weight excluding hydrogens is 733 g/mol. The molecule has 9 aromatic carbocycles. The fourth-order valence-corrected chi connectivity index (χ4v) is 9.12. The van der Waals surface area contributed by atoms with Gasteiger partial charge in [0.25, 0.3) is 0 Å².